The van der Waals surface area contributed by atoms with Crippen molar-refractivity contribution in [3.05, 3.63) is 58.6 Å². The SMILES string of the molecule is CCNC(=NCc1ccc(-n2cncn2)cc1)NCc1nc(C(F)(F)F)cs1.I. The summed E-state index contributed by atoms with van der Waals surface area (Å²) in [4.78, 5) is 12.0. The number of hydrogen-bond acceptors (Lipinski definition) is 5. The lowest BCUT2D eigenvalue weighted by molar-refractivity contribution is -0.140. The van der Waals surface area contributed by atoms with Gasteiger partial charge in [0.1, 0.15) is 17.7 Å². The number of hydrogen-bond donors (Lipinski definition) is 2. The fourth-order valence-corrected chi connectivity index (χ4v) is 3.03. The van der Waals surface area contributed by atoms with Crippen molar-refractivity contribution in [2.75, 3.05) is 6.54 Å². The highest BCUT2D eigenvalue weighted by molar-refractivity contribution is 14.0. The van der Waals surface area contributed by atoms with Crippen molar-refractivity contribution in [3.8, 4) is 5.69 Å². The summed E-state index contributed by atoms with van der Waals surface area (Å²) in [7, 11) is 0. The molecule has 0 amide bonds. The lowest BCUT2D eigenvalue weighted by atomic mass is 10.2. The zero-order valence-electron chi connectivity index (χ0n) is 15.3. The first-order valence-corrected chi connectivity index (χ1v) is 9.31. The van der Waals surface area contributed by atoms with Crippen molar-refractivity contribution in [2.45, 2.75) is 26.2 Å². The standard InChI is InChI=1S/C17H18F3N7S.HI/c1-2-22-16(24-8-15-26-14(9-28-15)17(18,19)20)23-7-12-3-5-13(6-4-12)27-11-21-10-25-27;/h3-6,9-11H,2,7-8H2,1H3,(H2,22,23,24);1H. The van der Waals surface area contributed by atoms with Crippen molar-refractivity contribution >= 4 is 41.3 Å². The van der Waals surface area contributed by atoms with E-state index in [-0.39, 0.29) is 30.5 Å². The van der Waals surface area contributed by atoms with E-state index in [0.717, 1.165) is 28.0 Å². The third-order valence-electron chi connectivity index (χ3n) is 3.63. The van der Waals surface area contributed by atoms with Crippen LogP contribution in [0.3, 0.4) is 0 Å². The number of aliphatic imine (C=N–C) groups is 1. The second-order valence-electron chi connectivity index (χ2n) is 5.68. The van der Waals surface area contributed by atoms with Crippen LogP contribution in [0.25, 0.3) is 5.69 Å². The Morgan fingerprint density at radius 1 is 1.21 bits per heavy atom. The molecule has 2 heterocycles. The van der Waals surface area contributed by atoms with Gasteiger partial charge in [-0.3, -0.25) is 0 Å². The number of rotatable bonds is 6. The van der Waals surface area contributed by atoms with Gasteiger partial charge in [-0.1, -0.05) is 12.1 Å². The Morgan fingerprint density at radius 3 is 2.55 bits per heavy atom. The Balaban J connectivity index is 0.00000300. The molecule has 0 radical (unpaired) electrons. The van der Waals surface area contributed by atoms with E-state index in [1.807, 2.05) is 31.2 Å². The van der Waals surface area contributed by atoms with Gasteiger partial charge in [-0.15, -0.1) is 35.3 Å². The van der Waals surface area contributed by atoms with Crippen molar-refractivity contribution < 1.29 is 13.2 Å². The quantitative estimate of drug-likeness (QED) is 0.286. The number of benzene rings is 1. The van der Waals surface area contributed by atoms with Gasteiger partial charge < -0.3 is 10.6 Å². The number of alkyl halides is 3. The number of aromatic nitrogens is 4. The maximum Gasteiger partial charge on any atom is 0.434 e. The molecule has 0 unspecified atom stereocenters. The number of nitrogens with one attached hydrogen (secondary N) is 2. The predicted octanol–water partition coefficient (Wildman–Crippen LogP) is 3.62. The summed E-state index contributed by atoms with van der Waals surface area (Å²) in [6.07, 6.45) is -1.35. The summed E-state index contributed by atoms with van der Waals surface area (Å²) in [5.41, 5.74) is 0.998. The van der Waals surface area contributed by atoms with Gasteiger partial charge in [-0.05, 0) is 24.6 Å². The van der Waals surface area contributed by atoms with E-state index in [9.17, 15) is 13.2 Å². The topological polar surface area (TPSA) is 80.0 Å². The van der Waals surface area contributed by atoms with Gasteiger partial charge in [0, 0.05) is 11.9 Å². The van der Waals surface area contributed by atoms with Crippen LogP contribution in [0, 0.1) is 0 Å². The second kappa shape index (κ2) is 10.5. The van der Waals surface area contributed by atoms with Crippen LogP contribution in [0.1, 0.15) is 23.2 Å². The third-order valence-corrected chi connectivity index (χ3v) is 4.48. The van der Waals surface area contributed by atoms with Crippen LogP contribution < -0.4 is 10.6 Å². The smallest absolute Gasteiger partial charge is 0.357 e. The normalized spacial score (nSPS) is 11.8. The highest BCUT2D eigenvalue weighted by Gasteiger charge is 2.33. The third kappa shape index (κ3) is 6.66. The molecule has 0 spiro atoms. The molecular formula is C17H19F3IN7S. The van der Waals surface area contributed by atoms with E-state index in [4.69, 9.17) is 0 Å². The number of halogens is 4. The molecule has 2 aromatic heterocycles. The number of thiazole rings is 1. The molecule has 3 rings (SSSR count). The van der Waals surface area contributed by atoms with Crippen LogP contribution in [0.5, 0.6) is 0 Å². The Bertz CT molecular complexity index is 908. The molecule has 0 saturated heterocycles. The van der Waals surface area contributed by atoms with E-state index < -0.39 is 11.9 Å². The summed E-state index contributed by atoms with van der Waals surface area (Å²) in [5.74, 6) is 0.506. The molecule has 2 N–H and O–H groups in total. The van der Waals surface area contributed by atoms with Crippen LogP contribution in [0.15, 0.2) is 47.3 Å². The predicted molar refractivity (Wildman–Crippen MR) is 116 cm³/mol. The van der Waals surface area contributed by atoms with Gasteiger partial charge >= 0.3 is 6.18 Å². The average Bonchev–Trinajstić information content (AvgIpc) is 3.36. The zero-order valence-corrected chi connectivity index (χ0v) is 18.5. The molecule has 156 valence electrons. The Morgan fingerprint density at radius 2 is 1.97 bits per heavy atom. The van der Waals surface area contributed by atoms with E-state index in [1.165, 1.54) is 6.33 Å². The first-order chi connectivity index (χ1) is 13.5. The summed E-state index contributed by atoms with van der Waals surface area (Å²) in [5, 5.41) is 11.5. The average molecular weight is 537 g/mol. The molecule has 0 aliphatic rings. The molecule has 0 fully saturated rings. The molecule has 7 nitrogen and oxygen atoms in total. The fraction of sp³-hybridized carbons (Fsp3) is 0.294. The maximum absolute atomic E-state index is 12.6. The van der Waals surface area contributed by atoms with Crippen molar-refractivity contribution in [1.82, 2.24) is 30.4 Å². The number of nitrogens with zero attached hydrogens (tertiary/aromatic N) is 5. The molecule has 1 aromatic carbocycles. The molecule has 12 heteroatoms. The van der Waals surface area contributed by atoms with Crippen LogP contribution in [-0.4, -0.2) is 32.3 Å². The Kier molecular flexibility index (Phi) is 8.37. The lowest BCUT2D eigenvalue weighted by Gasteiger charge is -2.10. The number of guanidine groups is 1. The van der Waals surface area contributed by atoms with Crippen molar-refractivity contribution in [2.24, 2.45) is 4.99 Å². The molecular weight excluding hydrogens is 518 g/mol. The monoisotopic (exact) mass is 537 g/mol. The minimum Gasteiger partial charge on any atom is -0.357 e. The van der Waals surface area contributed by atoms with E-state index in [0.29, 0.717) is 24.1 Å². The summed E-state index contributed by atoms with van der Waals surface area (Å²) in [6, 6.07) is 7.68. The highest BCUT2D eigenvalue weighted by atomic mass is 127. The van der Waals surface area contributed by atoms with Crippen molar-refractivity contribution in [3.63, 3.8) is 0 Å². The van der Waals surface area contributed by atoms with Gasteiger partial charge in [0.05, 0.1) is 18.8 Å². The van der Waals surface area contributed by atoms with Gasteiger partial charge in [-0.25, -0.2) is 19.6 Å². The summed E-state index contributed by atoms with van der Waals surface area (Å²) >= 11 is 0.961. The van der Waals surface area contributed by atoms with E-state index >= 15 is 0 Å². The zero-order chi connectivity index (χ0) is 20.0. The molecule has 29 heavy (non-hydrogen) atoms. The minimum absolute atomic E-state index is 0. The molecule has 0 aliphatic heterocycles. The molecule has 3 aromatic rings. The Labute approximate surface area is 186 Å². The summed E-state index contributed by atoms with van der Waals surface area (Å²) in [6.45, 7) is 3.12. The minimum atomic E-state index is -4.42. The van der Waals surface area contributed by atoms with Crippen molar-refractivity contribution in [1.29, 1.82) is 0 Å². The van der Waals surface area contributed by atoms with Gasteiger partial charge in [0.25, 0.3) is 0 Å². The summed E-state index contributed by atoms with van der Waals surface area (Å²) < 4.78 is 39.5. The van der Waals surface area contributed by atoms with E-state index in [1.54, 1.807) is 11.0 Å². The van der Waals surface area contributed by atoms with Crippen LogP contribution in [0.4, 0.5) is 13.2 Å². The van der Waals surface area contributed by atoms with Gasteiger partial charge in [0.2, 0.25) is 0 Å². The van der Waals surface area contributed by atoms with Gasteiger partial charge in [-0.2, -0.15) is 18.3 Å². The lowest BCUT2D eigenvalue weighted by Crippen LogP contribution is -2.36. The van der Waals surface area contributed by atoms with Gasteiger partial charge in [0.15, 0.2) is 11.7 Å². The van der Waals surface area contributed by atoms with E-state index in [2.05, 4.69) is 30.7 Å². The maximum atomic E-state index is 12.6. The first-order valence-electron chi connectivity index (χ1n) is 8.43. The van der Waals surface area contributed by atoms with Crippen LogP contribution >= 0.6 is 35.3 Å². The second-order valence-corrected chi connectivity index (χ2v) is 6.62. The fourth-order valence-electron chi connectivity index (χ4n) is 2.29. The first kappa shape index (κ1) is 23.1. The molecule has 0 aliphatic carbocycles. The van der Waals surface area contributed by atoms with Crippen LogP contribution in [0.2, 0.25) is 0 Å². The molecule has 0 saturated carbocycles. The highest BCUT2D eigenvalue weighted by Crippen LogP contribution is 2.29. The molecule has 0 bridgehead atoms. The van der Waals surface area contributed by atoms with Crippen LogP contribution in [-0.2, 0) is 19.3 Å². The Hall–Kier alpha value is -2.22. The molecule has 0 atom stereocenters. The largest absolute Gasteiger partial charge is 0.434 e.